The van der Waals surface area contributed by atoms with Gasteiger partial charge in [0.05, 0.1) is 6.04 Å². The number of hydrogen-bond acceptors (Lipinski definition) is 2. The first kappa shape index (κ1) is 15.0. The number of aryl methyl sites for hydroxylation is 2. The van der Waals surface area contributed by atoms with Crippen LogP contribution < -0.4 is 10.6 Å². The highest BCUT2D eigenvalue weighted by atomic mass is 16.2. The molecule has 1 aliphatic heterocycles. The number of carbonyl (C=O) groups excluding carboxylic acids is 1. The Hall–Kier alpha value is -1.35. The zero-order valence-electron chi connectivity index (χ0n) is 12.8. The van der Waals surface area contributed by atoms with Gasteiger partial charge in [0, 0.05) is 6.54 Å². The van der Waals surface area contributed by atoms with Crippen molar-refractivity contribution in [2.24, 2.45) is 5.92 Å². The molecule has 2 rings (SSSR count). The molecule has 1 saturated heterocycles. The summed E-state index contributed by atoms with van der Waals surface area (Å²) in [5.74, 6) is 0.752. The van der Waals surface area contributed by atoms with Gasteiger partial charge in [-0.2, -0.15) is 0 Å². The summed E-state index contributed by atoms with van der Waals surface area (Å²) in [5, 5.41) is 6.26. The lowest BCUT2D eigenvalue weighted by Crippen LogP contribution is -2.49. The number of amides is 1. The van der Waals surface area contributed by atoms with Crippen molar-refractivity contribution in [2.45, 2.75) is 46.1 Å². The first-order valence-electron chi connectivity index (χ1n) is 7.68. The minimum absolute atomic E-state index is 0.0157. The maximum Gasteiger partial charge on any atom is 0.237 e. The molecule has 2 unspecified atom stereocenters. The van der Waals surface area contributed by atoms with Crippen molar-refractivity contribution in [3.8, 4) is 0 Å². The van der Waals surface area contributed by atoms with Crippen LogP contribution in [0, 0.1) is 19.8 Å². The van der Waals surface area contributed by atoms with Crippen LogP contribution in [0.25, 0.3) is 0 Å². The molecule has 0 aromatic heterocycles. The fraction of sp³-hybridized carbons (Fsp3) is 0.588. The molecule has 1 aromatic rings. The lowest BCUT2D eigenvalue weighted by atomic mass is 9.84. The van der Waals surface area contributed by atoms with Crippen LogP contribution in [0.2, 0.25) is 0 Å². The second-order valence-electron chi connectivity index (χ2n) is 5.87. The van der Waals surface area contributed by atoms with Gasteiger partial charge in [-0.05, 0) is 69.2 Å². The topological polar surface area (TPSA) is 41.1 Å². The Balaban J connectivity index is 2.01. The largest absolute Gasteiger partial charge is 0.355 e. The fourth-order valence-corrected chi connectivity index (χ4v) is 3.14. The molecule has 2 atom stereocenters. The molecule has 1 aliphatic rings. The Morgan fingerprint density at radius 2 is 2.05 bits per heavy atom. The summed E-state index contributed by atoms with van der Waals surface area (Å²) in [6.07, 6.45) is 3.19. The summed E-state index contributed by atoms with van der Waals surface area (Å²) < 4.78 is 0. The summed E-state index contributed by atoms with van der Waals surface area (Å²) >= 11 is 0. The molecule has 3 nitrogen and oxygen atoms in total. The van der Waals surface area contributed by atoms with Crippen molar-refractivity contribution >= 4 is 5.91 Å². The van der Waals surface area contributed by atoms with Crippen LogP contribution in [0.1, 0.15) is 36.5 Å². The first-order chi connectivity index (χ1) is 9.61. The first-order valence-corrected chi connectivity index (χ1v) is 7.68. The summed E-state index contributed by atoms with van der Waals surface area (Å²) in [6, 6.07) is 6.47. The second kappa shape index (κ2) is 6.89. The molecular formula is C17H26N2O. The Morgan fingerprint density at radius 1 is 1.35 bits per heavy atom. The van der Waals surface area contributed by atoms with E-state index in [0.29, 0.717) is 12.5 Å². The van der Waals surface area contributed by atoms with Gasteiger partial charge in [-0.1, -0.05) is 18.2 Å². The van der Waals surface area contributed by atoms with Gasteiger partial charge in [0.15, 0.2) is 0 Å². The van der Waals surface area contributed by atoms with Crippen molar-refractivity contribution in [3.63, 3.8) is 0 Å². The highest BCUT2D eigenvalue weighted by molar-refractivity contribution is 5.81. The second-order valence-corrected chi connectivity index (χ2v) is 5.87. The Kier molecular flexibility index (Phi) is 5.18. The molecule has 0 saturated carbocycles. The predicted octanol–water partition coefficient (Wildman–Crippen LogP) is 2.35. The summed E-state index contributed by atoms with van der Waals surface area (Å²) in [4.78, 5) is 12.0. The van der Waals surface area contributed by atoms with Crippen molar-refractivity contribution in [2.75, 3.05) is 13.1 Å². The SMILES string of the molecule is CCNC(=O)C1CC(Cc2c(C)cccc2C)CCN1. The van der Waals surface area contributed by atoms with E-state index in [2.05, 4.69) is 42.7 Å². The highest BCUT2D eigenvalue weighted by Crippen LogP contribution is 2.24. The van der Waals surface area contributed by atoms with Crippen molar-refractivity contribution in [1.82, 2.24) is 10.6 Å². The van der Waals surface area contributed by atoms with Crippen LogP contribution >= 0.6 is 0 Å². The van der Waals surface area contributed by atoms with Gasteiger partial charge in [-0.25, -0.2) is 0 Å². The molecule has 2 N–H and O–H groups in total. The third kappa shape index (κ3) is 3.60. The Labute approximate surface area is 122 Å². The molecule has 1 amide bonds. The maximum absolute atomic E-state index is 12.0. The van der Waals surface area contributed by atoms with Crippen LogP contribution in [0.15, 0.2) is 18.2 Å². The average Bonchev–Trinajstić information content (AvgIpc) is 2.44. The third-order valence-electron chi connectivity index (χ3n) is 4.32. The lowest BCUT2D eigenvalue weighted by Gasteiger charge is -2.30. The quantitative estimate of drug-likeness (QED) is 0.885. The Bertz CT molecular complexity index is 450. The van der Waals surface area contributed by atoms with E-state index >= 15 is 0 Å². The molecule has 0 aliphatic carbocycles. The highest BCUT2D eigenvalue weighted by Gasteiger charge is 2.26. The lowest BCUT2D eigenvalue weighted by molar-refractivity contribution is -0.123. The van der Waals surface area contributed by atoms with E-state index in [-0.39, 0.29) is 11.9 Å². The zero-order chi connectivity index (χ0) is 14.5. The monoisotopic (exact) mass is 274 g/mol. The van der Waals surface area contributed by atoms with E-state index < -0.39 is 0 Å². The van der Waals surface area contributed by atoms with E-state index in [4.69, 9.17) is 0 Å². The molecule has 0 bridgehead atoms. The van der Waals surface area contributed by atoms with Gasteiger partial charge >= 0.3 is 0 Å². The standard InChI is InChI=1S/C17H26N2O/c1-4-18-17(20)16-11-14(8-9-19-16)10-15-12(2)6-5-7-13(15)3/h5-7,14,16,19H,4,8-11H2,1-3H3,(H,18,20). The van der Waals surface area contributed by atoms with Gasteiger partial charge in [-0.15, -0.1) is 0 Å². The number of nitrogens with one attached hydrogen (secondary N) is 2. The number of carbonyl (C=O) groups is 1. The summed E-state index contributed by atoms with van der Waals surface area (Å²) in [7, 11) is 0. The van der Waals surface area contributed by atoms with Gasteiger partial charge < -0.3 is 10.6 Å². The molecule has 1 aromatic carbocycles. The Morgan fingerprint density at radius 3 is 2.70 bits per heavy atom. The molecule has 1 fully saturated rings. The van der Waals surface area contributed by atoms with E-state index in [9.17, 15) is 4.79 Å². The average molecular weight is 274 g/mol. The number of hydrogen-bond donors (Lipinski definition) is 2. The number of rotatable bonds is 4. The van der Waals surface area contributed by atoms with E-state index in [1.807, 2.05) is 6.92 Å². The van der Waals surface area contributed by atoms with Crippen LogP contribution in [-0.4, -0.2) is 25.0 Å². The van der Waals surface area contributed by atoms with E-state index in [1.54, 1.807) is 0 Å². The molecule has 20 heavy (non-hydrogen) atoms. The third-order valence-corrected chi connectivity index (χ3v) is 4.32. The van der Waals surface area contributed by atoms with Crippen molar-refractivity contribution in [3.05, 3.63) is 34.9 Å². The van der Waals surface area contributed by atoms with Gasteiger partial charge in [0.25, 0.3) is 0 Å². The molecule has 1 heterocycles. The molecular weight excluding hydrogens is 248 g/mol. The van der Waals surface area contributed by atoms with Crippen LogP contribution in [0.3, 0.4) is 0 Å². The minimum Gasteiger partial charge on any atom is -0.355 e. The van der Waals surface area contributed by atoms with E-state index in [0.717, 1.165) is 25.8 Å². The van der Waals surface area contributed by atoms with Crippen LogP contribution in [-0.2, 0) is 11.2 Å². The minimum atomic E-state index is -0.0157. The predicted molar refractivity (Wildman–Crippen MR) is 82.8 cm³/mol. The number of benzene rings is 1. The molecule has 3 heteroatoms. The zero-order valence-corrected chi connectivity index (χ0v) is 12.8. The summed E-state index contributed by atoms with van der Waals surface area (Å²) in [5.41, 5.74) is 4.21. The van der Waals surface area contributed by atoms with Crippen molar-refractivity contribution in [1.29, 1.82) is 0 Å². The fourth-order valence-electron chi connectivity index (χ4n) is 3.14. The summed E-state index contributed by atoms with van der Waals surface area (Å²) in [6.45, 7) is 7.99. The molecule has 110 valence electrons. The van der Waals surface area contributed by atoms with Crippen LogP contribution in [0.4, 0.5) is 0 Å². The van der Waals surface area contributed by atoms with E-state index in [1.165, 1.54) is 16.7 Å². The van der Waals surface area contributed by atoms with Gasteiger partial charge in [0.1, 0.15) is 0 Å². The maximum atomic E-state index is 12.0. The molecule has 0 radical (unpaired) electrons. The number of piperidine rings is 1. The van der Waals surface area contributed by atoms with Gasteiger partial charge in [-0.3, -0.25) is 4.79 Å². The van der Waals surface area contributed by atoms with Crippen LogP contribution in [0.5, 0.6) is 0 Å². The normalized spacial score (nSPS) is 22.6. The number of likely N-dealkylation sites (N-methyl/N-ethyl adjacent to an activating group) is 1. The van der Waals surface area contributed by atoms with Gasteiger partial charge in [0.2, 0.25) is 5.91 Å². The van der Waals surface area contributed by atoms with Crippen molar-refractivity contribution < 1.29 is 4.79 Å². The molecule has 0 spiro atoms. The smallest absolute Gasteiger partial charge is 0.237 e.